The minimum atomic E-state index is -0.133. The standard InChI is InChI=1S/C21H26N4O2/c26-21(23-16-19-7-4-14-27-19)20-9-8-18(15-22-20)25-12-10-24(11-13-25)17-5-2-1-3-6-17/h1-3,5-6,8-9,15,19H,4,7,10-14,16H2,(H,23,26). The highest BCUT2D eigenvalue weighted by Crippen LogP contribution is 2.20. The van der Waals surface area contributed by atoms with Crippen LogP contribution in [0, 0.1) is 0 Å². The number of pyridine rings is 1. The van der Waals surface area contributed by atoms with Crippen molar-refractivity contribution in [3.8, 4) is 0 Å². The quantitative estimate of drug-likeness (QED) is 0.880. The second-order valence-corrected chi connectivity index (χ2v) is 7.06. The van der Waals surface area contributed by atoms with Gasteiger partial charge in [0.1, 0.15) is 5.69 Å². The van der Waals surface area contributed by atoms with Gasteiger partial charge >= 0.3 is 0 Å². The summed E-state index contributed by atoms with van der Waals surface area (Å²) in [4.78, 5) is 21.3. The van der Waals surface area contributed by atoms with Gasteiger partial charge in [-0.2, -0.15) is 0 Å². The fraction of sp³-hybridized carbons (Fsp3) is 0.429. The first-order valence-electron chi connectivity index (χ1n) is 9.70. The molecule has 3 heterocycles. The third-order valence-electron chi connectivity index (χ3n) is 5.26. The summed E-state index contributed by atoms with van der Waals surface area (Å²) >= 11 is 0. The van der Waals surface area contributed by atoms with Crippen LogP contribution in [0.15, 0.2) is 48.7 Å². The molecule has 1 aromatic carbocycles. The number of carbonyl (C=O) groups is 1. The first-order chi connectivity index (χ1) is 13.3. The van der Waals surface area contributed by atoms with E-state index in [2.05, 4.69) is 44.4 Å². The van der Waals surface area contributed by atoms with E-state index in [4.69, 9.17) is 4.74 Å². The maximum Gasteiger partial charge on any atom is 0.269 e. The summed E-state index contributed by atoms with van der Waals surface area (Å²) in [5.41, 5.74) is 2.80. The Morgan fingerprint density at radius 1 is 1.04 bits per heavy atom. The van der Waals surface area contributed by atoms with Crippen LogP contribution in [0.1, 0.15) is 23.3 Å². The van der Waals surface area contributed by atoms with Crippen LogP contribution in [0.4, 0.5) is 11.4 Å². The molecule has 1 amide bonds. The summed E-state index contributed by atoms with van der Waals surface area (Å²) in [7, 11) is 0. The van der Waals surface area contributed by atoms with Crippen LogP contribution in [0.2, 0.25) is 0 Å². The summed E-state index contributed by atoms with van der Waals surface area (Å²) in [5.74, 6) is -0.133. The number of benzene rings is 1. The number of hydrogen-bond acceptors (Lipinski definition) is 5. The van der Waals surface area contributed by atoms with Crippen molar-refractivity contribution in [3.05, 3.63) is 54.4 Å². The Hall–Kier alpha value is -2.60. The molecule has 0 aliphatic carbocycles. The van der Waals surface area contributed by atoms with Crippen molar-refractivity contribution >= 4 is 17.3 Å². The van der Waals surface area contributed by atoms with E-state index in [0.29, 0.717) is 12.2 Å². The number of carbonyl (C=O) groups excluding carboxylic acids is 1. The van der Waals surface area contributed by atoms with E-state index in [1.54, 1.807) is 6.20 Å². The van der Waals surface area contributed by atoms with Crippen molar-refractivity contribution < 1.29 is 9.53 Å². The predicted molar refractivity (Wildman–Crippen MR) is 106 cm³/mol. The van der Waals surface area contributed by atoms with Crippen molar-refractivity contribution in [2.75, 3.05) is 49.1 Å². The molecule has 6 nitrogen and oxygen atoms in total. The van der Waals surface area contributed by atoms with Gasteiger partial charge in [-0.3, -0.25) is 4.79 Å². The number of ether oxygens (including phenoxy) is 1. The molecule has 4 rings (SSSR count). The molecule has 0 spiro atoms. The molecule has 27 heavy (non-hydrogen) atoms. The van der Waals surface area contributed by atoms with E-state index in [-0.39, 0.29) is 12.0 Å². The SMILES string of the molecule is O=C(NCC1CCCO1)c1ccc(N2CCN(c3ccccc3)CC2)cn1. The molecule has 0 radical (unpaired) electrons. The van der Waals surface area contributed by atoms with Crippen molar-refractivity contribution in [1.29, 1.82) is 0 Å². The number of nitrogens with one attached hydrogen (secondary N) is 1. The minimum absolute atomic E-state index is 0.133. The molecule has 2 saturated heterocycles. The van der Waals surface area contributed by atoms with Crippen molar-refractivity contribution in [1.82, 2.24) is 10.3 Å². The summed E-state index contributed by atoms with van der Waals surface area (Å²) in [6.45, 7) is 5.21. The molecule has 2 aromatic rings. The van der Waals surface area contributed by atoms with Crippen LogP contribution in [-0.2, 0) is 4.74 Å². The molecule has 2 aliphatic rings. The molecule has 0 saturated carbocycles. The van der Waals surface area contributed by atoms with Crippen molar-refractivity contribution in [2.45, 2.75) is 18.9 Å². The Labute approximate surface area is 160 Å². The average molecular weight is 366 g/mol. The second-order valence-electron chi connectivity index (χ2n) is 7.06. The lowest BCUT2D eigenvalue weighted by Gasteiger charge is -2.37. The summed E-state index contributed by atoms with van der Waals surface area (Å²) < 4.78 is 5.53. The predicted octanol–water partition coefficient (Wildman–Crippen LogP) is 2.32. The Morgan fingerprint density at radius 3 is 2.41 bits per heavy atom. The Balaban J connectivity index is 1.29. The van der Waals surface area contributed by atoms with E-state index in [1.807, 2.05) is 18.2 Å². The lowest BCUT2D eigenvalue weighted by molar-refractivity contribution is 0.0853. The fourth-order valence-corrected chi connectivity index (χ4v) is 3.67. The minimum Gasteiger partial charge on any atom is -0.376 e. The van der Waals surface area contributed by atoms with E-state index < -0.39 is 0 Å². The number of para-hydroxylation sites is 1. The monoisotopic (exact) mass is 366 g/mol. The number of rotatable bonds is 5. The third-order valence-corrected chi connectivity index (χ3v) is 5.26. The highest BCUT2D eigenvalue weighted by atomic mass is 16.5. The number of anilines is 2. The van der Waals surface area contributed by atoms with Crippen LogP contribution in [-0.4, -0.2) is 56.3 Å². The molecular formula is C21H26N4O2. The molecule has 6 heteroatoms. The van der Waals surface area contributed by atoms with Gasteiger partial charge < -0.3 is 19.9 Å². The van der Waals surface area contributed by atoms with Crippen molar-refractivity contribution in [3.63, 3.8) is 0 Å². The van der Waals surface area contributed by atoms with Gasteiger partial charge in [-0.05, 0) is 37.1 Å². The number of nitrogens with zero attached hydrogens (tertiary/aromatic N) is 3. The zero-order chi connectivity index (χ0) is 18.5. The fourth-order valence-electron chi connectivity index (χ4n) is 3.67. The Bertz CT molecular complexity index is 737. The topological polar surface area (TPSA) is 57.7 Å². The van der Waals surface area contributed by atoms with Gasteiger partial charge in [-0.25, -0.2) is 4.98 Å². The first-order valence-corrected chi connectivity index (χ1v) is 9.70. The Kier molecular flexibility index (Phi) is 5.53. The van der Waals surface area contributed by atoms with Gasteiger partial charge in [0.2, 0.25) is 0 Å². The summed E-state index contributed by atoms with van der Waals surface area (Å²) in [6.07, 6.45) is 4.04. The number of hydrogen-bond donors (Lipinski definition) is 1. The first kappa shape index (κ1) is 17.8. The molecule has 1 aromatic heterocycles. The largest absolute Gasteiger partial charge is 0.376 e. The molecule has 2 aliphatic heterocycles. The van der Waals surface area contributed by atoms with Crippen molar-refractivity contribution in [2.24, 2.45) is 0 Å². The van der Waals surface area contributed by atoms with Crippen LogP contribution >= 0.6 is 0 Å². The highest BCUT2D eigenvalue weighted by molar-refractivity contribution is 5.92. The van der Waals surface area contributed by atoms with Crippen LogP contribution in [0.5, 0.6) is 0 Å². The summed E-state index contributed by atoms with van der Waals surface area (Å²) in [5, 5.41) is 2.92. The average Bonchev–Trinajstić information content (AvgIpc) is 3.27. The van der Waals surface area contributed by atoms with E-state index >= 15 is 0 Å². The zero-order valence-corrected chi connectivity index (χ0v) is 15.5. The van der Waals surface area contributed by atoms with E-state index in [1.165, 1.54) is 5.69 Å². The van der Waals surface area contributed by atoms with Gasteiger partial charge in [0.05, 0.1) is 18.0 Å². The number of amides is 1. The molecular weight excluding hydrogens is 340 g/mol. The Morgan fingerprint density at radius 2 is 1.78 bits per heavy atom. The summed E-state index contributed by atoms with van der Waals surface area (Å²) in [6, 6.07) is 14.3. The lowest BCUT2D eigenvalue weighted by Crippen LogP contribution is -2.46. The van der Waals surface area contributed by atoms with Crippen LogP contribution < -0.4 is 15.1 Å². The molecule has 0 bridgehead atoms. The van der Waals surface area contributed by atoms with Crippen LogP contribution in [0.25, 0.3) is 0 Å². The van der Waals surface area contributed by atoms with E-state index in [9.17, 15) is 4.79 Å². The molecule has 1 atom stereocenters. The van der Waals surface area contributed by atoms with Crippen LogP contribution in [0.3, 0.4) is 0 Å². The zero-order valence-electron chi connectivity index (χ0n) is 15.5. The second kappa shape index (κ2) is 8.39. The lowest BCUT2D eigenvalue weighted by atomic mass is 10.2. The van der Waals surface area contributed by atoms with Gasteiger partial charge in [0.25, 0.3) is 5.91 Å². The third kappa shape index (κ3) is 4.39. The maximum atomic E-state index is 12.2. The molecule has 142 valence electrons. The van der Waals surface area contributed by atoms with Gasteiger partial charge in [-0.1, -0.05) is 18.2 Å². The number of aromatic nitrogens is 1. The van der Waals surface area contributed by atoms with Gasteiger partial charge in [0, 0.05) is 45.0 Å². The van der Waals surface area contributed by atoms with Gasteiger partial charge in [-0.15, -0.1) is 0 Å². The number of piperazine rings is 1. The molecule has 1 N–H and O–H groups in total. The smallest absolute Gasteiger partial charge is 0.269 e. The van der Waals surface area contributed by atoms with Gasteiger partial charge in [0.15, 0.2) is 0 Å². The molecule has 1 unspecified atom stereocenters. The highest BCUT2D eigenvalue weighted by Gasteiger charge is 2.19. The van der Waals surface area contributed by atoms with E-state index in [0.717, 1.165) is 51.3 Å². The maximum absolute atomic E-state index is 12.2. The normalized spacial score (nSPS) is 19.9. The molecule has 2 fully saturated rings.